The molecule has 3 rings (SSSR count). The monoisotopic (exact) mass is 500 g/mol. The van der Waals surface area contributed by atoms with E-state index in [-0.39, 0.29) is 29.6 Å². The first-order chi connectivity index (χ1) is 14.7. The zero-order valence-corrected chi connectivity index (χ0v) is 18.7. The fourth-order valence-electron chi connectivity index (χ4n) is 3.52. The molecule has 0 spiro atoms. The van der Waals surface area contributed by atoms with Crippen LogP contribution in [0.15, 0.2) is 46.0 Å². The number of alkyl halides is 3. The van der Waals surface area contributed by atoms with Crippen LogP contribution in [0, 0.1) is 0 Å². The molecule has 0 atom stereocenters. The van der Waals surface area contributed by atoms with E-state index < -0.39 is 17.6 Å². The molecule has 1 fully saturated rings. The SMILES string of the molecule is CCN1CCN(Cc2ccc(CC(=O)N=c3cc(Br)ccn3O)cc2C(F)(F)F)CC1. The van der Waals surface area contributed by atoms with Gasteiger partial charge in [0.2, 0.25) is 0 Å². The molecular formula is C21H24BrF3N4O2. The van der Waals surface area contributed by atoms with Crippen LogP contribution in [0.5, 0.6) is 0 Å². The van der Waals surface area contributed by atoms with Crippen LogP contribution in [-0.4, -0.2) is 58.4 Å². The number of carbonyl (C=O) groups excluding carboxylic acids is 1. The lowest BCUT2D eigenvalue weighted by Crippen LogP contribution is -2.45. The number of likely N-dealkylation sites (N-methyl/N-ethyl adjacent to an activating group) is 1. The number of aromatic nitrogens is 1. The standard InChI is InChI=1S/C21H24BrF3N4O2/c1-2-27-7-9-28(10-8-27)14-16-4-3-15(11-18(16)21(23,24)25)12-20(30)26-19-13-17(22)5-6-29(19)31/h3-6,11,13,31H,2,7-10,12,14H2,1H3. The van der Waals surface area contributed by atoms with Crippen molar-refractivity contribution in [2.45, 2.75) is 26.1 Å². The highest BCUT2D eigenvalue weighted by Crippen LogP contribution is 2.33. The predicted molar refractivity (Wildman–Crippen MR) is 112 cm³/mol. The lowest BCUT2D eigenvalue weighted by atomic mass is 10.0. The topological polar surface area (TPSA) is 61.1 Å². The minimum Gasteiger partial charge on any atom is -0.427 e. The van der Waals surface area contributed by atoms with Crippen LogP contribution in [0.1, 0.15) is 23.6 Å². The number of hydrogen-bond acceptors (Lipinski definition) is 4. The van der Waals surface area contributed by atoms with E-state index in [4.69, 9.17) is 0 Å². The third-order valence-corrected chi connectivity index (χ3v) is 5.75. The van der Waals surface area contributed by atoms with Crippen LogP contribution < -0.4 is 5.49 Å². The number of pyridine rings is 1. The van der Waals surface area contributed by atoms with Crippen LogP contribution in [0.4, 0.5) is 13.2 Å². The zero-order chi connectivity index (χ0) is 22.6. The molecule has 1 aromatic carbocycles. The van der Waals surface area contributed by atoms with E-state index in [1.54, 1.807) is 6.07 Å². The van der Waals surface area contributed by atoms with Gasteiger partial charge in [-0.05, 0) is 35.9 Å². The Bertz CT molecular complexity index is 999. The molecule has 168 valence electrons. The van der Waals surface area contributed by atoms with E-state index in [0.717, 1.165) is 38.8 Å². The van der Waals surface area contributed by atoms with Crippen molar-refractivity contribution in [1.82, 2.24) is 14.5 Å². The number of rotatable bonds is 5. The smallest absolute Gasteiger partial charge is 0.416 e. The minimum absolute atomic E-state index is 0.0155. The summed E-state index contributed by atoms with van der Waals surface area (Å²) in [6.45, 7) is 6.34. The van der Waals surface area contributed by atoms with Gasteiger partial charge < -0.3 is 10.1 Å². The van der Waals surface area contributed by atoms with Crippen LogP contribution in [0.25, 0.3) is 0 Å². The summed E-state index contributed by atoms with van der Waals surface area (Å²) in [5.74, 6) is -0.655. The first-order valence-corrected chi connectivity index (χ1v) is 10.7. The molecule has 2 heterocycles. The van der Waals surface area contributed by atoms with Crippen molar-refractivity contribution in [2.24, 2.45) is 4.99 Å². The van der Waals surface area contributed by atoms with Crippen molar-refractivity contribution < 1.29 is 23.2 Å². The number of benzene rings is 1. The lowest BCUT2D eigenvalue weighted by Gasteiger charge is -2.34. The Balaban J connectivity index is 1.78. The van der Waals surface area contributed by atoms with Gasteiger partial charge in [-0.25, -0.2) is 0 Å². The molecule has 1 aliphatic rings. The van der Waals surface area contributed by atoms with Gasteiger partial charge in [0.15, 0.2) is 5.49 Å². The fourth-order valence-corrected chi connectivity index (χ4v) is 3.84. The molecule has 1 aliphatic heterocycles. The maximum atomic E-state index is 13.7. The summed E-state index contributed by atoms with van der Waals surface area (Å²) in [7, 11) is 0. The molecule has 1 amide bonds. The van der Waals surface area contributed by atoms with E-state index >= 15 is 0 Å². The summed E-state index contributed by atoms with van der Waals surface area (Å²) in [6, 6.07) is 7.00. The Morgan fingerprint density at radius 1 is 1.13 bits per heavy atom. The maximum Gasteiger partial charge on any atom is 0.416 e. The Hall–Kier alpha value is -2.17. The summed E-state index contributed by atoms with van der Waals surface area (Å²) in [6.07, 6.45) is -3.52. The molecule has 0 aliphatic carbocycles. The van der Waals surface area contributed by atoms with Gasteiger partial charge in [-0.3, -0.25) is 9.69 Å². The van der Waals surface area contributed by atoms with E-state index in [1.807, 2.05) is 4.90 Å². The highest BCUT2D eigenvalue weighted by molar-refractivity contribution is 9.10. The molecular weight excluding hydrogens is 477 g/mol. The second kappa shape index (κ2) is 9.97. The quantitative estimate of drug-likeness (QED) is 0.639. The summed E-state index contributed by atoms with van der Waals surface area (Å²) >= 11 is 3.21. The minimum atomic E-state index is -4.52. The molecule has 1 saturated heterocycles. The first-order valence-electron chi connectivity index (χ1n) is 9.94. The number of amides is 1. The Morgan fingerprint density at radius 3 is 2.45 bits per heavy atom. The van der Waals surface area contributed by atoms with Crippen molar-refractivity contribution in [3.63, 3.8) is 0 Å². The number of carbonyl (C=O) groups is 1. The number of nitrogens with zero attached hydrogens (tertiary/aromatic N) is 4. The van der Waals surface area contributed by atoms with Gasteiger partial charge in [-0.1, -0.05) is 35.0 Å². The van der Waals surface area contributed by atoms with Gasteiger partial charge in [0, 0.05) is 43.4 Å². The molecule has 10 heteroatoms. The zero-order valence-electron chi connectivity index (χ0n) is 17.1. The third-order valence-electron chi connectivity index (χ3n) is 5.26. The average Bonchev–Trinajstić information content (AvgIpc) is 2.71. The summed E-state index contributed by atoms with van der Waals surface area (Å²) < 4.78 is 42.4. The second-order valence-corrected chi connectivity index (χ2v) is 8.35. The highest BCUT2D eigenvalue weighted by Gasteiger charge is 2.34. The van der Waals surface area contributed by atoms with Crippen LogP contribution in [0.2, 0.25) is 0 Å². The molecule has 0 bridgehead atoms. The van der Waals surface area contributed by atoms with Gasteiger partial charge in [0.25, 0.3) is 5.91 Å². The van der Waals surface area contributed by atoms with E-state index in [1.165, 1.54) is 24.4 Å². The number of piperazine rings is 1. The Labute approximate surface area is 186 Å². The van der Waals surface area contributed by atoms with Crippen LogP contribution >= 0.6 is 15.9 Å². The maximum absolute atomic E-state index is 13.7. The van der Waals surface area contributed by atoms with Gasteiger partial charge in [-0.2, -0.15) is 22.9 Å². The second-order valence-electron chi connectivity index (χ2n) is 7.43. The fraction of sp³-hybridized carbons (Fsp3) is 0.429. The molecule has 2 aromatic rings. The number of hydrogen-bond donors (Lipinski definition) is 1. The van der Waals surface area contributed by atoms with Gasteiger partial charge >= 0.3 is 6.18 Å². The molecule has 0 unspecified atom stereocenters. The van der Waals surface area contributed by atoms with E-state index in [9.17, 15) is 23.2 Å². The van der Waals surface area contributed by atoms with Gasteiger partial charge in [0.05, 0.1) is 12.0 Å². The Morgan fingerprint density at radius 2 is 1.81 bits per heavy atom. The van der Waals surface area contributed by atoms with Gasteiger partial charge in [0.1, 0.15) is 0 Å². The molecule has 0 saturated carbocycles. The number of halogens is 4. The lowest BCUT2D eigenvalue weighted by molar-refractivity contribution is -0.138. The predicted octanol–water partition coefficient (Wildman–Crippen LogP) is 3.31. The van der Waals surface area contributed by atoms with Crippen LogP contribution in [-0.2, 0) is 23.9 Å². The summed E-state index contributed by atoms with van der Waals surface area (Å²) in [4.78, 5) is 20.3. The van der Waals surface area contributed by atoms with Crippen molar-refractivity contribution in [1.29, 1.82) is 0 Å². The van der Waals surface area contributed by atoms with Crippen molar-refractivity contribution in [2.75, 3.05) is 32.7 Å². The molecule has 1 N–H and O–H groups in total. The van der Waals surface area contributed by atoms with Crippen molar-refractivity contribution in [3.8, 4) is 0 Å². The molecule has 0 radical (unpaired) electrons. The van der Waals surface area contributed by atoms with Crippen molar-refractivity contribution >= 4 is 21.8 Å². The largest absolute Gasteiger partial charge is 0.427 e. The highest BCUT2D eigenvalue weighted by atomic mass is 79.9. The van der Waals surface area contributed by atoms with E-state index in [0.29, 0.717) is 9.20 Å². The molecule has 31 heavy (non-hydrogen) atoms. The van der Waals surface area contributed by atoms with Crippen molar-refractivity contribution in [3.05, 3.63) is 63.2 Å². The third kappa shape index (κ3) is 6.41. The van der Waals surface area contributed by atoms with E-state index in [2.05, 4.69) is 32.7 Å². The molecule has 1 aromatic heterocycles. The van der Waals surface area contributed by atoms with Crippen LogP contribution in [0.3, 0.4) is 0 Å². The van der Waals surface area contributed by atoms with Gasteiger partial charge in [-0.15, -0.1) is 0 Å². The first kappa shape index (κ1) is 23.5. The normalized spacial score (nSPS) is 16.6. The molecule has 6 nitrogen and oxygen atoms in total. The summed E-state index contributed by atoms with van der Waals surface area (Å²) in [5, 5.41) is 9.72. The Kier molecular flexibility index (Phi) is 7.55. The average molecular weight is 501 g/mol. The summed E-state index contributed by atoms with van der Waals surface area (Å²) in [5.41, 5.74) is -0.320.